The molecule has 0 saturated heterocycles. The van der Waals surface area contributed by atoms with Crippen molar-refractivity contribution in [2.75, 3.05) is 21.3 Å². The molecule has 1 heterocycles. The molecule has 2 N–H and O–H groups in total. The SMILES string of the molecule is COc1cc(Sc2c(C(=O)O)[nH]c3ccccc23)cc(OC)c1OC. The van der Waals surface area contributed by atoms with E-state index in [9.17, 15) is 9.90 Å². The van der Waals surface area contributed by atoms with E-state index >= 15 is 0 Å². The average molecular weight is 359 g/mol. The summed E-state index contributed by atoms with van der Waals surface area (Å²) < 4.78 is 16.0. The number of H-pyrrole nitrogens is 1. The van der Waals surface area contributed by atoms with E-state index in [-0.39, 0.29) is 5.69 Å². The zero-order valence-electron chi connectivity index (χ0n) is 14.0. The quantitative estimate of drug-likeness (QED) is 0.691. The normalized spacial score (nSPS) is 10.7. The first-order valence-corrected chi connectivity index (χ1v) is 8.22. The molecule has 0 atom stereocenters. The average Bonchev–Trinajstić information content (AvgIpc) is 2.99. The van der Waals surface area contributed by atoms with Crippen LogP contribution in [0.25, 0.3) is 10.9 Å². The molecule has 0 unspecified atom stereocenters. The molecular weight excluding hydrogens is 342 g/mol. The summed E-state index contributed by atoms with van der Waals surface area (Å²) in [5.41, 5.74) is 0.926. The molecule has 2 aromatic carbocycles. The first-order chi connectivity index (χ1) is 12.1. The number of carbonyl (C=O) groups is 1. The first-order valence-electron chi connectivity index (χ1n) is 7.41. The van der Waals surface area contributed by atoms with Crippen molar-refractivity contribution in [2.45, 2.75) is 9.79 Å². The number of aromatic amines is 1. The highest BCUT2D eigenvalue weighted by Crippen LogP contribution is 2.44. The molecule has 0 amide bonds. The third-order valence-corrected chi connectivity index (χ3v) is 4.83. The summed E-state index contributed by atoms with van der Waals surface area (Å²) in [5.74, 6) is 0.514. The molecule has 1 aromatic heterocycles. The Bertz CT molecular complexity index is 909. The fourth-order valence-electron chi connectivity index (χ4n) is 2.61. The summed E-state index contributed by atoms with van der Waals surface area (Å²) in [4.78, 5) is 16.0. The number of aromatic nitrogens is 1. The van der Waals surface area contributed by atoms with E-state index in [1.807, 2.05) is 24.3 Å². The summed E-state index contributed by atoms with van der Waals surface area (Å²) >= 11 is 1.33. The van der Waals surface area contributed by atoms with Gasteiger partial charge in [0.05, 0.1) is 26.2 Å². The van der Waals surface area contributed by atoms with Crippen LogP contribution in [0, 0.1) is 0 Å². The fourth-order valence-corrected chi connectivity index (χ4v) is 3.70. The number of hydrogen-bond acceptors (Lipinski definition) is 5. The second kappa shape index (κ2) is 6.98. The maximum atomic E-state index is 11.6. The minimum absolute atomic E-state index is 0.153. The van der Waals surface area contributed by atoms with E-state index in [1.54, 1.807) is 26.4 Å². The van der Waals surface area contributed by atoms with Gasteiger partial charge < -0.3 is 24.3 Å². The summed E-state index contributed by atoms with van der Waals surface area (Å²) in [6.07, 6.45) is 0. The Labute approximate surface area is 148 Å². The van der Waals surface area contributed by atoms with Gasteiger partial charge in [0.1, 0.15) is 5.69 Å². The molecule has 0 aliphatic carbocycles. The summed E-state index contributed by atoms with van der Waals surface area (Å²) in [5, 5.41) is 10.4. The number of benzene rings is 2. The van der Waals surface area contributed by atoms with E-state index < -0.39 is 5.97 Å². The minimum atomic E-state index is -1.01. The molecule has 0 aliphatic heterocycles. The zero-order valence-corrected chi connectivity index (χ0v) is 14.8. The Morgan fingerprint density at radius 1 is 1.04 bits per heavy atom. The molecule has 7 heteroatoms. The third kappa shape index (κ3) is 3.10. The maximum absolute atomic E-state index is 11.6. The molecule has 0 bridgehead atoms. The second-order valence-electron chi connectivity index (χ2n) is 5.14. The van der Waals surface area contributed by atoms with Crippen LogP contribution in [0.2, 0.25) is 0 Å². The predicted molar refractivity (Wildman–Crippen MR) is 95.5 cm³/mol. The highest BCUT2D eigenvalue weighted by Gasteiger charge is 2.20. The number of fused-ring (bicyclic) bond motifs is 1. The van der Waals surface area contributed by atoms with Gasteiger partial charge in [-0.25, -0.2) is 4.79 Å². The second-order valence-corrected chi connectivity index (χ2v) is 6.23. The van der Waals surface area contributed by atoms with Gasteiger partial charge in [-0.05, 0) is 18.2 Å². The molecule has 6 nitrogen and oxygen atoms in total. The molecule has 130 valence electrons. The fraction of sp³-hybridized carbons (Fsp3) is 0.167. The number of hydrogen-bond donors (Lipinski definition) is 2. The van der Waals surface area contributed by atoms with E-state index in [0.29, 0.717) is 22.1 Å². The van der Waals surface area contributed by atoms with Crippen LogP contribution in [0.3, 0.4) is 0 Å². The molecule has 3 aromatic rings. The molecule has 0 spiro atoms. The smallest absolute Gasteiger partial charge is 0.353 e. The van der Waals surface area contributed by atoms with Crippen molar-refractivity contribution in [3.8, 4) is 17.2 Å². The topological polar surface area (TPSA) is 80.8 Å². The Morgan fingerprint density at radius 2 is 1.68 bits per heavy atom. The van der Waals surface area contributed by atoms with Crippen LogP contribution in [-0.4, -0.2) is 37.4 Å². The van der Waals surface area contributed by atoms with Crippen LogP contribution in [0.1, 0.15) is 10.5 Å². The minimum Gasteiger partial charge on any atom is -0.493 e. The lowest BCUT2D eigenvalue weighted by Crippen LogP contribution is -1.98. The molecule has 0 aliphatic rings. The van der Waals surface area contributed by atoms with E-state index in [0.717, 1.165) is 15.8 Å². The standard InChI is InChI=1S/C18H17NO5S/c1-22-13-8-10(9-14(23-2)16(13)24-3)25-17-11-6-4-5-7-12(11)19-15(17)18(20)21/h4-9,19H,1-3H3,(H,20,21). The van der Waals surface area contributed by atoms with Gasteiger partial charge in [0.25, 0.3) is 0 Å². The van der Waals surface area contributed by atoms with Crippen LogP contribution in [0.15, 0.2) is 46.2 Å². The number of nitrogens with one attached hydrogen (secondary N) is 1. The molecular formula is C18H17NO5S. The number of carboxylic acids is 1. The molecule has 0 radical (unpaired) electrons. The van der Waals surface area contributed by atoms with Crippen molar-refractivity contribution in [1.29, 1.82) is 0 Å². The lowest BCUT2D eigenvalue weighted by atomic mass is 10.2. The van der Waals surface area contributed by atoms with E-state index in [1.165, 1.54) is 18.9 Å². The number of para-hydroxylation sites is 1. The van der Waals surface area contributed by atoms with Gasteiger partial charge >= 0.3 is 5.97 Å². The van der Waals surface area contributed by atoms with Crippen LogP contribution in [0.5, 0.6) is 17.2 Å². The van der Waals surface area contributed by atoms with Gasteiger partial charge in [0, 0.05) is 15.8 Å². The van der Waals surface area contributed by atoms with Crippen molar-refractivity contribution in [3.63, 3.8) is 0 Å². The molecule has 0 fully saturated rings. The van der Waals surface area contributed by atoms with Gasteiger partial charge in [0.15, 0.2) is 11.5 Å². The highest BCUT2D eigenvalue weighted by atomic mass is 32.2. The molecule has 3 rings (SSSR count). The zero-order chi connectivity index (χ0) is 18.0. The van der Waals surface area contributed by atoms with Crippen LogP contribution in [-0.2, 0) is 0 Å². The Morgan fingerprint density at radius 3 is 2.24 bits per heavy atom. The number of aromatic carboxylic acids is 1. The van der Waals surface area contributed by atoms with E-state index in [2.05, 4.69) is 4.98 Å². The van der Waals surface area contributed by atoms with Gasteiger partial charge in [-0.1, -0.05) is 30.0 Å². The van der Waals surface area contributed by atoms with Crippen molar-refractivity contribution in [1.82, 2.24) is 4.98 Å². The predicted octanol–water partition coefficient (Wildman–Crippen LogP) is 4.04. The van der Waals surface area contributed by atoms with Gasteiger partial charge in [-0.3, -0.25) is 0 Å². The van der Waals surface area contributed by atoms with Gasteiger partial charge in [0.2, 0.25) is 5.75 Å². The van der Waals surface area contributed by atoms with Crippen molar-refractivity contribution >= 4 is 28.6 Å². The third-order valence-electron chi connectivity index (χ3n) is 3.73. The highest BCUT2D eigenvalue weighted by molar-refractivity contribution is 7.99. The maximum Gasteiger partial charge on any atom is 0.353 e. The van der Waals surface area contributed by atoms with E-state index in [4.69, 9.17) is 14.2 Å². The van der Waals surface area contributed by atoms with Crippen LogP contribution >= 0.6 is 11.8 Å². The van der Waals surface area contributed by atoms with Crippen molar-refractivity contribution < 1.29 is 24.1 Å². The van der Waals surface area contributed by atoms with Gasteiger partial charge in [-0.15, -0.1) is 0 Å². The Balaban J connectivity index is 2.13. The number of methoxy groups -OCH3 is 3. The molecule has 25 heavy (non-hydrogen) atoms. The lowest BCUT2D eigenvalue weighted by molar-refractivity contribution is 0.0688. The largest absolute Gasteiger partial charge is 0.493 e. The monoisotopic (exact) mass is 359 g/mol. The Kier molecular flexibility index (Phi) is 4.76. The number of rotatable bonds is 6. The molecule has 0 saturated carbocycles. The summed E-state index contributed by atoms with van der Waals surface area (Å²) in [6.45, 7) is 0. The lowest BCUT2D eigenvalue weighted by Gasteiger charge is -2.14. The summed E-state index contributed by atoms with van der Waals surface area (Å²) in [7, 11) is 4.62. The first kappa shape index (κ1) is 17.0. The van der Waals surface area contributed by atoms with Gasteiger partial charge in [-0.2, -0.15) is 0 Å². The van der Waals surface area contributed by atoms with Crippen LogP contribution < -0.4 is 14.2 Å². The Hall–Kier alpha value is -2.80. The van der Waals surface area contributed by atoms with Crippen molar-refractivity contribution in [3.05, 3.63) is 42.1 Å². The number of ether oxygens (including phenoxy) is 3. The van der Waals surface area contributed by atoms with Crippen LogP contribution in [0.4, 0.5) is 0 Å². The number of carboxylic acid groups (broad SMARTS) is 1. The summed E-state index contributed by atoms with van der Waals surface area (Å²) in [6, 6.07) is 11.1. The van der Waals surface area contributed by atoms with Crippen molar-refractivity contribution in [2.24, 2.45) is 0 Å².